The number of aryl methyl sites for hydroxylation is 2. The van der Waals surface area contributed by atoms with E-state index in [-0.39, 0.29) is 35.2 Å². The third-order valence-electron chi connectivity index (χ3n) is 5.64. The molecule has 10 heteroatoms. The van der Waals surface area contributed by atoms with E-state index in [1.165, 1.54) is 12.1 Å². The van der Waals surface area contributed by atoms with Crippen molar-refractivity contribution in [2.24, 2.45) is 7.05 Å². The molecule has 2 heterocycles. The Labute approximate surface area is 200 Å². The van der Waals surface area contributed by atoms with Crippen molar-refractivity contribution in [1.82, 2.24) is 14.1 Å². The summed E-state index contributed by atoms with van der Waals surface area (Å²) in [6, 6.07) is 7.39. The Balaban J connectivity index is 1.82. The lowest BCUT2D eigenvalue weighted by molar-refractivity contribution is 0.0698. The molecular formula is C23H21BrFN3O4S. The largest absolute Gasteiger partial charge is 0.506 e. The Bertz CT molecular complexity index is 1400. The zero-order valence-corrected chi connectivity index (χ0v) is 20.3. The maximum absolute atomic E-state index is 13.2. The van der Waals surface area contributed by atoms with Crippen LogP contribution in [0, 0.1) is 12.7 Å². The fourth-order valence-electron chi connectivity index (χ4n) is 3.94. The summed E-state index contributed by atoms with van der Waals surface area (Å²) in [7, 11) is 0.276. The van der Waals surface area contributed by atoms with E-state index in [0.29, 0.717) is 32.2 Å². The summed E-state index contributed by atoms with van der Waals surface area (Å²) in [4.78, 5) is 16.6. The van der Waals surface area contributed by atoms with Crippen molar-refractivity contribution in [3.8, 4) is 5.75 Å². The summed E-state index contributed by atoms with van der Waals surface area (Å²) in [5.74, 6) is -0.723. The fourth-order valence-corrected chi connectivity index (χ4v) is 5.71. The van der Waals surface area contributed by atoms with Gasteiger partial charge in [-0.3, -0.25) is 4.21 Å². The molecule has 2 aromatic carbocycles. The van der Waals surface area contributed by atoms with E-state index >= 15 is 0 Å². The summed E-state index contributed by atoms with van der Waals surface area (Å²) in [6.07, 6.45) is 3.39. The number of aromatic hydroxyl groups is 1. The number of carbonyl (C=O) groups is 1. The molecule has 0 saturated heterocycles. The molecule has 7 nitrogen and oxygen atoms in total. The van der Waals surface area contributed by atoms with Crippen LogP contribution in [0.25, 0.3) is 10.9 Å². The summed E-state index contributed by atoms with van der Waals surface area (Å²) < 4.78 is 30.0. The summed E-state index contributed by atoms with van der Waals surface area (Å²) in [5.41, 5.74) is 2.12. The second kappa shape index (κ2) is 9.11. The molecule has 33 heavy (non-hydrogen) atoms. The van der Waals surface area contributed by atoms with Crippen molar-refractivity contribution in [1.29, 1.82) is 0 Å². The average Bonchev–Trinajstić information content (AvgIpc) is 3.28. The normalized spacial score (nSPS) is 12.4. The molecule has 172 valence electrons. The lowest BCUT2D eigenvalue weighted by Gasteiger charge is -2.12. The number of halogens is 2. The minimum absolute atomic E-state index is 0.00782. The van der Waals surface area contributed by atoms with Crippen LogP contribution in [0.1, 0.15) is 33.0 Å². The van der Waals surface area contributed by atoms with Gasteiger partial charge >= 0.3 is 5.97 Å². The summed E-state index contributed by atoms with van der Waals surface area (Å²) in [6.45, 7) is 2.04. The van der Waals surface area contributed by atoms with Gasteiger partial charge in [-0.05, 0) is 46.6 Å². The Kier molecular flexibility index (Phi) is 6.40. The van der Waals surface area contributed by atoms with Gasteiger partial charge in [-0.25, -0.2) is 14.2 Å². The minimum Gasteiger partial charge on any atom is -0.506 e. The number of hydrogen-bond donors (Lipinski definition) is 2. The number of imidazole rings is 1. The standard InChI is InChI=1S/C23H21BrFN3O4S/c1-13-26-7-8-28(13)10-16-20-18(9-17(24)22(16)29)27(2)19(21(20)23(30)31)12-33(32)11-14-3-5-15(25)6-4-14/h3-9,29H,10-12H2,1-2H3,(H,30,31). The predicted molar refractivity (Wildman–Crippen MR) is 127 cm³/mol. The first kappa shape index (κ1) is 23.2. The Morgan fingerprint density at radius 2 is 1.94 bits per heavy atom. The molecular weight excluding hydrogens is 513 g/mol. The summed E-state index contributed by atoms with van der Waals surface area (Å²) >= 11 is 3.37. The van der Waals surface area contributed by atoms with Crippen LogP contribution in [0.2, 0.25) is 0 Å². The molecule has 0 bridgehead atoms. The molecule has 0 amide bonds. The number of carboxylic acids is 1. The zero-order valence-electron chi connectivity index (χ0n) is 17.9. The SMILES string of the molecule is Cc1nccn1Cc1c(O)c(Br)cc2c1c(C(=O)O)c(CS(=O)Cc1ccc(F)cc1)n2C. The topological polar surface area (TPSA) is 97.3 Å². The molecule has 0 radical (unpaired) electrons. The van der Waals surface area contributed by atoms with Gasteiger partial charge in [-0.1, -0.05) is 12.1 Å². The number of phenolic OH excluding ortho intramolecular Hbond substituents is 1. The van der Waals surface area contributed by atoms with Gasteiger partial charge in [0.1, 0.15) is 17.4 Å². The molecule has 0 aliphatic carbocycles. The smallest absolute Gasteiger partial charge is 0.338 e. The molecule has 1 atom stereocenters. The monoisotopic (exact) mass is 533 g/mol. The number of nitrogens with zero attached hydrogens (tertiary/aromatic N) is 3. The van der Waals surface area contributed by atoms with E-state index in [1.807, 2.05) is 11.5 Å². The first-order chi connectivity index (χ1) is 15.7. The lowest BCUT2D eigenvalue weighted by Crippen LogP contribution is -2.09. The number of benzene rings is 2. The van der Waals surface area contributed by atoms with Crippen molar-refractivity contribution in [3.05, 3.63) is 81.2 Å². The first-order valence-corrected chi connectivity index (χ1v) is 12.3. The molecule has 0 fully saturated rings. The van der Waals surface area contributed by atoms with Crippen LogP contribution in [-0.2, 0) is 35.9 Å². The van der Waals surface area contributed by atoms with E-state index in [1.54, 1.807) is 42.2 Å². The highest BCUT2D eigenvalue weighted by atomic mass is 79.9. The molecule has 4 aromatic rings. The number of aromatic carboxylic acids is 1. The third-order valence-corrected chi connectivity index (χ3v) is 7.50. The number of hydrogen-bond acceptors (Lipinski definition) is 4. The maximum Gasteiger partial charge on any atom is 0.338 e. The van der Waals surface area contributed by atoms with Crippen LogP contribution < -0.4 is 0 Å². The van der Waals surface area contributed by atoms with Crippen molar-refractivity contribution in [3.63, 3.8) is 0 Å². The molecule has 2 aromatic heterocycles. The van der Waals surface area contributed by atoms with Gasteiger partial charge in [0.2, 0.25) is 0 Å². The van der Waals surface area contributed by atoms with Gasteiger partial charge in [0.25, 0.3) is 0 Å². The van der Waals surface area contributed by atoms with Crippen LogP contribution in [0.5, 0.6) is 5.75 Å². The van der Waals surface area contributed by atoms with Crippen molar-refractivity contribution in [2.75, 3.05) is 0 Å². The molecule has 1 unspecified atom stereocenters. The highest BCUT2D eigenvalue weighted by Crippen LogP contribution is 2.40. The Morgan fingerprint density at radius 1 is 1.24 bits per heavy atom. The van der Waals surface area contributed by atoms with Gasteiger partial charge in [0, 0.05) is 52.6 Å². The average molecular weight is 534 g/mol. The highest BCUT2D eigenvalue weighted by Gasteiger charge is 2.27. The van der Waals surface area contributed by atoms with Gasteiger partial charge in [0.15, 0.2) is 0 Å². The lowest BCUT2D eigenvalue weighted by atomic mass is 10.0. The number of fused-ring (bicyclic) bond motifs is 1. The molecule has 0 saturated carbocycles. The zero-order chi connectivity index (χ0) is 23.9. The number of rotatable bonds is 7. The van der Waals surface area contributed by atoms with Gasteiger partial charge in [-0.15, -0.1) is 0 Å². The second-order valence-electron chi connectivity index (χ2n) is 7.72. The van der Waals surface area contributed by atoms with E-state index in [0.717, 1.165) is 5.82 Å². The molecule has 4 rings (SSSR count). The van der Waals surface area contributed by atoms with Crippen molar-refractivity contribution < 1.29 is 23.6 Å². The van der Waals surface area contributed by atoms with Crippen LogP contribution in [-0.4, -0.2) is 34.5 Å². The van der Waals surface area contributed by atoms with Crippen LogP contribution >= 0.6 is 15.9 Å². The van der Waals surface area contributed by atoms with Gasteiger partial charge in [0.05, 0.1) is 27.9 Å². The van der Waals surface area contributed by atoms with E-state index in [4.69, 9.17) is 0 Å². The molecule has 0 aliphatic rings. The van der Waals surface area contributed by atoms with Gasteiger partial charge < -0.3 is 19.3 Å². The van der Waals surface area contributed by atoms with Crippen molar-refractivity contribution in [2.45, 2.75) is 25.0 Å². The molecule has 0 spiro atoms. The van der Waals surface area contributed by atoms with E-state index < -0.39 is 16.8 Å². The van der Waals surface area contributed by atoms with Crippen LogP contribution in [0.3, 0.4) is 0 Å². The number of carboxylic acid groups (broad SMARTS) is 1. The third kappa shape index (κ3) is 4.45. The minimum atomic E-state index is -1.44. The summed E-state index contributed by atoms with van der Waals surface area (Å²) in [5, 5.41) is 21.3. The Hall–Kier alpha value is -2.98. The maximum atomic E-state index is 13.2. The Morgan fingerprint density at radius 3 is 2.55 bits per heavy atom. The van der Waals surface area contributed by atoms with Crippen molar-refractivity contribution >= 4 is 43.6 Å². The molecule has 0 aliphatic heterocycles. The van der Waals surface area contributed by atoms with Crippen LogP contribution in [0.4, 0.5) is 4.39 Å². The number of phenols is 1. The second-order valence-corrected chi connectivity index (χ2v) is 10.0. The number of aromatic nitrogens is 3. The van der Waals surface area contributed by atoms with E-state index in [9.17, 15) is 23.6 Å². The van der Waals surface area contributed by atoms with Gasteiger partial charge in [-0.2, -0.15) is 0 Å². The quantitative estimate of drug-likeness (QED) is 0.365. The fraction of sp³-hybridized carbons (Fsp3) is 0.217. The van der Waals surface area contributed by atoms with E-state index in [2.05, 4.69) is 20.9 Å². The predicted octanol–water partition coefficient (Wildman–Crippen LogP) is 4.49. The molecule has 2 N–H and O–H groups in total. The highest BCUT2D eigenvalue weighted by molar-refractivity contribution is 9.10. The van der Waals surface area contributed by atoms with Crippen LogP contribution in [0.15, 0.2) is 47.2 Å². The first-order valence-electron chi connectivity index (χ1n) is 9.99.